The number of nitrogens with one attached hydrogen (secondary N) is 1. The molecule has 138 valence electrons. The van der Waals surface area contributed by atoms with E-state index in [0.29, 0.717) is 17.2 Å². The summed E-state index contributed by atoms with van der Waals surface area (Å²) >= 11 is 0. The molecule has 0 spiro atoms. The van der Waals surface area contributed by atoms with Crippen molar-refractivity contribution in [2.75, 3.05) is 21.0 Å². The van der Waals surface area contributed by atoms with Gasteiger partial charge in [-0.15, -0.1) is 0 Å². The molecule has 1 heterocycles. The highest BCUT2D eigenvalue weighted by atomic mass is 16.7. The van der Waals surface area contributed by atoms with E-state index < -0.39 is 5.54 Å². The van der Waals surface area contributed by atoms with Crippen molar-refractivity contribution < 1.29 is 23.7 Å². The molecule has 0 aliphatic carbocycles. The molecule has 3 rings (SSSR count). The van der Waals surface area contributed by atoms with Crippen LogP contribution in [0.4, 0.5) is 0 Å². The number of methoxy groups -OCH3 is 2. The van der Waals surface area contributed by atoms with Gasteiger partial charge in [-0.05, 0) is 49.2 Å². The van der Waals surface area contributed by atoms with Crippen LogP contribution in [0.3, 0.4) is 0 Å². The van der Waals surface area contributed by atoms with E-state index in [9.17, 15) is 4.79 Å². The van der Waals surface area contributed by atoms with Crippen molar-refractivity contribution in [3.05, 3.63) is 47.5 Å². The first kappa shape index (κ1) is 17.9. The Kier molecular flexibility index (Phi) is 4.93. The van der Waals surface area contributed by atoms with Crippen molar-refractivity contribution in [1.82, 2.24) is 5.32 Å². The van der Waals surface area contributed by atoms with Crippen molar-refractivity contribution in [2.45, 2.75) is 25.8 Å². The highest BCUT2D eigenvalue weighted by molar-refractivity contribution is 5.79. The maximum absolute atomic E-state index is 12.6. The summed E-state index contributed by atoms with van der Waals surface area (Å²) in [5.41, 5.74) is 1.25. The van der Waals surface area contributed by atoms with Crippen LogP contribution in [-0.4, -0.2) is 26.9 Å². The predicted molar refractivity (Wildman–Crippen MR) is 97.0 cm³/mol. The van der Waals surface area contributed by atoms with Crippen LogP contribution in [0.15, 0.2) is 36.4 Å². The number of benzene rings is 2. The van der Waals surface area contributed by atoms with E-state index in [2.05, 4.69) is 5.32 Å². The van der Waals surface area contributed by atoms with Crippen LogP contribution in [0.1, 0.15) is 25.0 Å². The Morgan fingerprint density at radius 2 is 1.77 bits per heavy atom. The standard InChI is InChI=1S/C20H23NO5/c1-20(2,14-6-8-16-18(11-14)26-12-25-16)21-19(22)10-13-5-7-15(23-3)17(9-13)24-4/h5-9,11H,10,12H2,1-4H3,(H,21,22). The summed E-state index contributed by atoms with van der Waals surface area (Å²) in [6.45, 7) is 4.14. The summed E-state index contributed by atoms with van der Waals surface area (Å²) in [6, 6.07) is 11.2. The van der Waals surface area contributed by atoms with Gasteiger partial charge in [-0.1, -0.05) is 12.1 Å². The Morgan fingerprint density at radius 3 is 2.50 bits per heavy atom. The fourth-order valence-electron chi connectivity index (χ4n) is 2.93. The summed E-state index contributed by atoms with van der Waals surface area (Å²) in [5, 5.41) is 3.07. The van der Waals surface area contributed by atoms with E-state index in [-0.39, 0.29) is 19.1 Å². The van der Waals surface area contributed by atoms with Crippen molar-refractivity contribution in [2.24, 2.45) is 0 Å². The minimum absolute atomic E-state index is 0.0834. The molecule has 2 aromatic carbocycles. The molecule has 2 aromatic rings. The molecule has 6 heteroatoms. The fraction of sp³-hybridized carbons (Fsp3) is 0.350. The molecule has 0 aromatic heterocycles. The first-order valence-corrected chi connectivity index (χ1v) is 8.35. The van der Waals surface area contributed by atoms with E-state index in [1.54, 1.807) is 20.3 Å². The zero-order valence-corrected chi connectivity index (χ0v) is 15.4. The van der Waals surface area contributed by atoms with Gasteiger partial charge in [0.25, 0.3) is 0 Å². The molecule has 1 amide bonds. The predicted octanol–water partition coefficient (Wildman–Crippen LogP) is 3.03. The van der Waals surface area contributed by atoms with Gasteiger partial charge >= 0.3 is 0 Å². The third-order valence-electron chi connectivity index (χ3n) is 4.36. The third kappa shape index (κ3) is 3.69. The molecule has 0 atom stereocenters. The number of ether oxygens (including phenoxy) is 4. The van der Waals surface area contributed by atoms with E-state index in [4.69, 9.17) is 18.9 Å². The second kappa shape index (κ2) is 7.15. The summed E-state index contributed by atoms with van der Waals surface area (Å²) in [7, 11) is 3.16. The third-order valence-corrected chi connectivity index (χ3v) is 4.36. The maximum Gasteiger partial charge on any atom is 0.231 e. The van der Waals surface area contributed by atoms with E-state index >= 15 is 0 Å². The van der Waals surface area contributed by atoms with Crippen molar-refractivity contribution in [1.29, 1.82) is 0 Å². The van der Waals surface area contributed by atoms with Gasteiger partial charge in [0.15, 0.2) is 23.0 Å². The lowest BCUT2D eigenvalue weighted by Crippen LogP contribution is -2.41. The second-order valence-electron chi connectivity index (χ2n) is 6.61. The highest BCUT2D eigenvalue weighted by Gasteiger charge is 2.25. The normalized spacial score (nSPS) is 12.6. The van der Waals surface area contributed by atoms with Crippen LogP contribution in [0.2, 0.25) is 0 Å². The van der Waals surface area contributed by atoms with Gasteiger partial charge in [0.05, 0.1) is 26.2 Å². The summed E-state index contributed by atoms with van der Waals surface area (Å²) in [5.74, 6) is 2.58. The molecule has 26 heavy (non-hydrogen) atoms. The van der Waals surface area contributed by atoms with Crippen LogP contribution in [0.25, 0.3) is 0 Å². The Labute approximate surface area is 153 Å². The SMILES string of the molecule is COc1ccc(CC(=O)NC(C)(C)c2ccc3c(c2)OCO3)cc1OC. The first-order valence-electron chi connectivity index (χ1n) is 8.35. The second-order valence-corrected chi connectivity index (χ2v) is 6.61. The van der Waals surface area contributed by atoms with Gasteiger partial charge in [-0.3, -0.25) is 4.79 Å². The number of carbonyl (C=O) groups is 1. The smallest absolute Gasteiger partial charge is 0.231 e. The minimum Gasteiger partial charge on any atom is -0.493 e. The van der Waals surface area contributed by atoms with Crippen LogP contribution >= 0.6 is 0 Å². The molecule has 0 unspecified atom stereocenters. The topological polar surface area (TPSA) is 66.0 Å². The number of amides is 1. The molecular formula is C20H23NO5. The van der Waals surface area contributed by atoms with Gasteiger partial charge in [0, 0.05) is 0 Å². The van der Waals surface area contributed by atoms with Crippen LogP contribution < -0.4 is 24.3 Å². The molecule has 1 aliphatic rings. The molecule has 0 saturated carbocycles. The Morgan fingerprint density at radius 1 is 1.04 bits per heavy atom. The Bertz CT molecular complexity index is 816. The van der Waals surface area contributed by atoms with E-state index in [1.165, 1.54) is 0 Å². The summed E-state index contributed by atoms with van der Waals surface area (Å²) in [6.07, 6.45) is 0.244. The van der Waals surface area contributed by atoms with Crippen molar-refractivity contribution in [3.8, 4) is 23.0 Å². The van der Waals surface area contributed by atoms with Gasteiger partial charge in [0.1, 0.15) is 0 Å². The quantitative estimate of drug-likeness (QED) is 0.861. The largest absolute Gasteiger partial charge is 0.493 e. The van der Waals surface area contributed by atoms with Crippen LogP contribution in [0, 0.1) is 0 Å². The average Bonchev–Trinajstić information content (AvgIpc) is 3.08. The Balaban J connectivity index is 1.70. The molecule has 1 aliphatic heterocycles. The lowest BCUT2D eigenvalue weighted by molar-refractivity contribution is -0.122. The number of fused-ring (bicyclic) bond motifs is 1. The molecule has 0 radical (unpaired) electrons. The molecule has 6 nitrogen and oxygen atoms in total. The number of hydrogen-bond donors (Lipinski definition) is 1. The summed E-state index contributed by atoms with van der Waals surface area (Å²) in [4.78, 5) is 12.6. The van der Waals surface area contributed by atoms with Gasteiger partial charge in [-0.25, -0.2) is 0 Å². The van der Waals surface area contributed by atoms with Gasteiger partial charge < -0.3 is 24.3 Å². The van der Waals surface area contributed by atoms with Crippen LogP contribution in [-0.2, 0) is 16.8 Å². The summed E-state index contributed by atoms with van der Waals surface area (Å²) < 4.78 is 21.3. The maximum atomic E-state index is 12.6. The fourth-order valence-corrected chi connectivity index (χ4v) is 2.93. The molecular weight excluding hydrogens is 334 g/mol. The van der Waals surface area contributed by atoms with E-state index in [0.717, 1.165) is 16.9 Å². The first-order chi connectivity index (χ1) is 12.4. The number of hydrogen-bond acceptors (Lipinski definition) is 5. The average molecular weight is 357 g/mol. The van der Waals surface area contributed by atoms with Gasteiger partial charge in [0.2, 0.25) is 12.7 Å². The van der Waals surface area contributed by atoms with Gasteiger partial charge in [-0.2, -0.15) is 0 Å². The lowest BCUT2D eigenvalue weighted by Gasteiger charge is -2.27. The minimum atomic E-state index is -0.547. The number of carbonyl (C=O) groups excluding carboxylic acids is 1. The van der Waals surface area contributed by atoms with Crippen LogP contribution in [0.5, 0.6) is 23.0 Å². The Hall–Kier alpha value is -2.89. The monoisotopic (exact) mass is 357 g/mol. The van der Waals surface area contributed by atoms with Crippen molar-refractivity contribution in [3.63, 3.8) is 0 Å². The molecule has 0 saturated heterocycles. The zero-order valence-electron chi connectivity index (χ0n) is 15.4. The lowest BCUT2D eigenvalue weighted by atomic mass is 9.93. The van der Waals surface area contributed by atoms with Crippen molar-refractivity contribution >= 4 is 5.91 Å². The molecule has 0 fully saturated rings. The number of rotatable bonds is 6. The molecule has 1 N–H and O–H groups in total. The zero-order chi connectivity index (χ0) is 18.7. The highest BCUT2D eigenvalue weighted by Crippen LogP contribution is 2.35. The molecule has 0 bridgehead atoms. The van der Waals surface area contributed by atoms with E-state index in [1.807, 2.05) is 44.2 Å².